The summed E-state index contributed by atoms with van der Waals surface area (Å²) in [6.07, 6.45) is 2.21. The van der Waals surface area contributed by atoms with Gasteiger partial charge in [0.15, 0.2) is 0 Å². The Labute approximate surface area is 80.0 Å². The normalized spacial score (nSPS) is 56.2. The first-order valence-corrected chi connectivity index (χ1v) is 5.29. The minimum atomic E-state index is -0.199. The number of rotatable bonds is 0. The maximum Gasteiger partial charge on any atom is 0.0717 e. The summed E-state index contributed by atoms with van der Waals surface area (Å²) >= 11 is 4.51. The van der Waals surface area contributed by atoms with Crippen LogP contribution >= 0.6 is 12.6 Å². The van der Waals surface area contributed by atoms with Crippen molar-refractivity contribution in [2.24, 2.45) is 16.7 Å². The Kier molecular flexibility index (Phi) is 1.64. The summed E-state index contributed by atoms with van der Waals surface area (Å²) in [4.78, 5) is 0. The van der Waals surface area contributed by atoms with Gasteiger partial charge < -0.3 is 5.11 Å². The standard InChI is InChI=1S/C10H18OS/c1-9(2)6-4-5-10(9,3)8(11)7(6)12/h6-8,11-12H,4-5H2,1-3H3/t6-,7-,8+,10+/m1/s1. The molecule has 2 aliphatic carbocycles. The zero-order valence-corrected chi connectivity index (χ0v) is 8.94. The van der Waals surface area contributed by atoms with E-state index < -0.39 is 0 Å². The third-order valence-electron chi connectivity index (χ3n) is 4.76. The summed E-state index contributed by atoms with van der Waals surface area (Å²) in [5, 5.41) is 10.2. The summed E-state index contributed by atoms with van der Waals surface area (Å²) < 4.78 is 0. The largest absolute Gasteiger partial charge is 0.391 e. The molecule has 2 saturated carbocycles. The molecule has 4 atom stereocenters. The lowest BCUT2D eigenvalue weighted by Crippen LogP contribution is -2.37. The molecule has 2 bridgehead atoms. The summed E-state index contributed by atoms with van der Waals surface area (Å²) in [5.41, 5.74) is 0.392. The van der Waals surface area contributed by atoms with E-state index in [2.05, 4.69) is 33.4 Å². The van der Waals surface area contributed by atoms with Crippen molar-refractivity contribution < 1.29 is 5.11 Å². The van der Waals surface area contributed by atoms with Crippen LogP contribution in [0.3, 0.4) is 0 Å². The molecule has 0 aliphatic heterocycles. The average molecular weight is 186 g/mol. The quantitative estimate of drug-likeness (QED) is 0.555. The van der Waals surface area contributed by atoms with E-state index in [-0.39, 0.29) is 22.2 Å². The highest BCUT2D eigenvalue weighted by Crippen LogP contribution is 2.66. The maximum absolute atomic E-state index is 10.0. The Bertz CT molecular complexity index is 214. The molecule has 0 aromatic rings. The number of thiol groups is 1. The second-order valence-electron chi connectivity index (χ2n) is 5.22. The highest BCUT2D eigenvalue weighted by Gasteiger charge is 2.64. The molecule has 0 unspecified atom stereocenters. The number of aliphatic hydroxyl groups excluding tert-OH is 1. The molecule has 70 valence electrons. The highest BCUT2D eigenvalue weighted by molar-refractivity contribution is 7.81. The Morgan fingerprint density at radius 2 is 1.92 bits per heavy atom. The van der Waals surface area contributed by atoms with Gasteiger partial charge in [-0.2, -0.15) is 12.6 Å². The van der Waals surface area contributed by atoms with Crippen LogP contribution in [0.4, 0.5) is 0 Å². The summed E-state index contributed by atoms with van der Waals surface area (Å²) in [7, 11) is 0. The predicted octanol–water partition coefficient (Wildman–Crippen LogP) is 2.10. The fourth-order valence-corrected chi connectivity index (χ4v) is 4.14. The number of fused-ring (bicyclic) bond motifs is 2. The van der Waals surface area contributed by atoms with Crippen LogP contribution in [0.2, 0.25) is 0 Å². The van der Waals surface area contributed by atoms with Crippen molar-refractivity contribution in [2.75, 3.05) is 0 Å². The Hall–Kier alpha value is 0.310. The van der Waals surface area contributed by atoms with Crippen molar-refractivity contribution in [3.63, 3.8) is 0 Å². The third kappa shape index (κ3) is 0.717. The molecule has 1 nitrogen and oxygen atoms in total. The van der Waals surface area contributed by atoms with Gasteiger partial charge in [0.2, 0.25) is 0 Å². The third-order valence-corrected chi connectivity index (χ3v) is 5.40. The van der Waals surface area contributed by atoms with Crippen molar-refractivity contribution in [3.05, 3.63) is 0 Å². The van der Waals surface area contributed by atoms with E-state index in [4.69, 9.17) is 0 Å². The van der Waals surface area contributed by atoms with Gasteiger partial charge in [-0.05, 0) is 29.6 Å². The van der Waals surface area contributed by atoms with Crippen LogP contribution < -0.4 is 0 Å². The molecule has 0 aromatic carbocycles. The molecule has 0 aromatic heterocycles. The lowest BCUT2D eigenvalue weighted by molar-refractivity contribution is 0.0150. The topological polar surface area (TPSA) is 20.2 Å². The first-order chi connectivity index (χ1) is 5.41. The number of hydrogen-bond donors (Lipinski definition) is 2. The summed E-state index contributed by atoms with van der Waals surface area (Å²) in [6, 6.07) is 0. The predicted molar refractivity (Wildman–Crippen MR) is 53.4 cm³/mol. The molecule has 0 saturated heterocycles. The van der Waals surface area contributed by atoms with Gasteiger partial charge in [-0.25, -0.2) is 0 Å². The van der Waals surface area contributed by atoms with Crippen LogP contribution in [-0.2, 0) is 0 Å². The van der Waals surface area contributed by atoms with E-state index in [1.165, 1.54) is 12.8 Å². The van der Waals surface area contributed by atoms with Crippen LogP contribution in [0.1, 0.15) is 33.6 Å². The minimum absolute atomic E-state index is 0.115. The molecular weight excluding hydrogens is 168 g/mol. The molecule has 0 radical (unpaired) electrons. The van der Waals surface area contributed by atoms with Gasteiger partial charge in [-0.3, -0.25) is 0 Å². The summed E-state index contributed by atoms with van der Waals surface area (Å²) in [6.45, 7) is 6.78. The molecule has 2 rings (SSSR count). The average Bonchev–Trinajstić information content (AvgIpc) is 2.26. The van der Waals surface area contributed by atoms with Crippen LogP contribution in [0.25, 0.3) is 0 Å². The van der Waals surface area contributed by atoms with Crippen molar-refractivity contribution in [1.29, 1.82) is 0 Å². The van der Waals surface area contributed by atoms with Crippen molar-refractivity contribution >= 4 is 12.6 Å². The molecule has 0 heterocycles. The van der Waals surface area contributed by atoms with Crippen LogP contribution in [0.5, 0.6) is 0 Å². The van der Waals surface area contributed by atoms with Gasteiger partial charge in [0, 0.05) is 5.25 Å². The Morgan fingerprint density at radius 1 is 1.33 bits per heavy atom. The molecule has 2 heteroatoms. The van der Waals surface area contributed by atoms with Gasteiger partial charge in [-0.15, -0.1) is 0 Å². The molecule has 12 heavy (non-hydrogen) atoms. The van der Waals surface area contributed by atoms with Crippen LogP contribution in [-0.4, -0.2) is 16.5 Å². The molecule has 2 aliphatic rings. The molecule has 0 amide bonds. The van der Waals surface area contributed by atoms with Crippen molar-refractivity contribution in [3.8, 4) is 0 Å². The van der Waals surface area contributed by atoms with Gasteiger partial charge in [0.05, 0.1) is 6.10 Å². The molecular formula is C10H18OS. The van der Waals surface area contributed by atoms with Gasteiger partial charge in [-0.1, -0.05) is 20.8 Å². The van der Waals surface area contributed by atoms with Crippen molar-refractivity contribution in [2.45, 2.75) is 45.0 Å². The molecule has 1 N–H and O–H groups in total. The molecule has 2 fully saturated rings. The zero-order chi connectivity index (χ0) is 9.15. The number of aliphatic hydroxyl groups is 1. The Morgan fingerprint density at radius 3 is 2.17 bits per heavy atom. The lowest BCUT2D eigenvalue weighted by atomic mass is 9.70. The number of hydrogen-bond acceptors (Lipinski definition) is 2. The van der Waals surface area contributed by atoms with Gasteiger partial charge in [0.25, 0.3) is 0 Å². The first-order valence-electron chi connectivity index (χ1n) is 4.77. The van der Waals surface area contributed by atoms with E-state index in [0.29, 0.717) is 5.92 Å². The fraction of sp³-hybridized carbons (Fsp3) is 1.00. The van der Waals surface area contributed by atoms with E-state index in [0.717, 1.165) is 0 Å². The maximum atomic E-state index is 10.0. The zero-order valence-electron chi connectivity index (χ0n) is 8.04. The van der Waals surface area contributed by atoms with E-state index in [9.17, 15) is 5.11 Å². The van der Waals surface area contributed by atoms with E-state index >= 15 is 0 Å². The smallest absolute Gasteiger partial charge is 0.0717 e. The van der Waals surface area contributed by atoms with Gasteiger partial charge >= 0.3 is 0 Å². The SMILES string of the molecule is CC1(C)[C@@H]2CC[C@@]1(C)[C@@H](O)[C@@H]2S. The highest BCUT2D eigenvalue weighted by atomic mass is 32.1. The van der Waals surface area contributed by atoms with Gasteiger partial charge in [0.1, 0.15) is 0 Å². The Balaban J connectivity index is 2.44. The second kappa shape index (κ2) is 2.21. The fourth-order valence-electron chi connectivity index (χ4n) is 3.29. The minimum Gasteiger partial charge on any atom is -0.391 e. The molecule has 0 spiro atoms. The van der Waals surface area contributed by atoms with Crippen LogP contribution in [0.15, 0.2) is 0 Å². The first kappa shape index (κ1) is 8.89. The second-order valence-corrected chi connectivity index (χ2v) is 5.82. The summed E-state index contributed by atoms with van der Waals surface area (Å²) in [5.74, 6) is 0.612. The monoisotopic (exact) mass is 186 g/mol. The van der Waals surface area contributed by atoms with Crippen LogP contribution in [0, 0.1) is 16.7 Å². The van der Waals surface area contributed by atoms with E-state index in [1.54, 1.807) is 0 Å². The van der Waals surface area contributed by atoms with E-state index in [1.807, 2.05) is 0 Å². The lowest BCUT2D eigenvalue weighted by Gasteiger charge is -2.36. The van der Waals surface area contributed by atoms with Crippen molar-refractivity contribution in [1.82, 2.24) is 0 Å².